The van der Waals surface area contributed by atoms with E-state index >= 15 is 0 Å². The molecule has 0 aromatic carbocycles. The molecule has 0 amide bonds. The molecule has 2 N–H and O–H groups in total. The van der Waals surface area contributed by atoms with Gasteiger partial charge in [0.05, 0.1) is 4.91 Å². The second kappa shape index (κ2) is 2.15. The van der Waals surface area contributed by atoms with Gasteiger partial charge in [-0.15, -0.1) is 0 Å². The summed E-state index contributed by atoms with van der Waals surface area (Å²) in [7, 11) is 0. The lowest BCUT2D eigenvalue weighted by Gasteiger charge is -1.89. The highest BCUT2D eigenvalue weighted by Crippen LogP contribution is 2.46. The van der Waals surface area contributed by atoms with Gasteiger partial charge >= 0.3 is 0 Å². The normalized spacial score (nSPS) is 22.7. The second-order valence-electron chi connectivity index (χ2n) is 2.06. The van der Waals surface area contributed by atoms with Crippen molar-refractivity contribution >= 4 is 33.8 Å². The van der Waals surface area contributed by atoms with E-state index in [0.29, 0.717) is 9.81 Å². The molecule has 0 atom stereocenters. The summed E-state index contributed by atoms with van der Waals surface area (Å²) < 4.78 is 0. The minimum atomic E-state index is -0.147. The number of hydrogen-bond acceptors (Lipinski definition) is 5. The Bertz CT molecular complexity index is 329. The highest BCUT2D eigenvalue weighted by molar-refractivity contribution is 8.24. The van der Waals surface area contributed by atoms with Crippen molar-refractivity contribution in [3.63, 3.8) is 0 Å². The molecule has 0 saturated carbocycles. The third-order valence-electron chi connectivity index (χ3n) is 1.34. The molecule has 0 spiro atoms. The van der Waals surface area contributed by atoms with Crippen molar-refractivity contribution in [3.05, 3.63) is 21.6 Å². The first-order valence-corrected chi connectivity index (χ1v) is 4.47. The molecule has 11 heavy (non-hydrogen) atoms. The highest BCUT2D eigenvalue weighted by Gasteiger charge is 2.33. The van der Waals surface area contributed by atoms with Crippen molar-refractivity contribution in [1.29, 1.82) is 0 Å². The molecule has 0 unspecified atom stereocenters. The van der Waals surface area contributed by atoms with Gasteiger partial charge < -0.3 is 5.73 Å². The number of fused-ring (bicyclic) bond motifs is 1. The first-order chi connectivity index (χ1) is 5.18. The maximum Gasteiger partial charge on any atom is 0.241 e. The van der Waals surface area contributed by atoms with Crippen LogP contribution in [0.4, 0.5) is 0 Å². The smallest absolute Gasteiger partial charge is 0.241 e. The van der Waals surface area contributed by atoms with E-state index in [-0.39, 0.29) is 15.9 Å². The number of carbonyl (C=O) groups excluding carboxylic acids is 2. The standard InChI is InChI=1S/C6H3NO2S2/c7-4-5-2(10-6(4)9)1-3(8)11-5/h1H,7H2. The van der Waals surface area contributed by atoms with Crippen LogP contribution in [-0.4, -0.2) is 10.2 Å². The number of carbonyl (C=O) groups is 2. The van der Waals surface area contributed by atoms with E-state index in [1.807, 2.05) is 0 Å². The van der Waals surface area contributed by atoms with E-state index in [1.54, 1.807) is 0 Å². The average molecular weight is 185 g/mol. The number of rotatable bonds is 0. The lowest BCUT2D eigenvalue weighted by atomic mass is 10.4. The van der Waals surface area contributed by atoms with Crippen molar-refractivity contribution in [1.82, 2.24) is 0 Å². The van der Waals surface area contributed by atoms with Crippen LogP contribution in [0.15, 0.2) is 21.6 Å². The first-order valence-electron chi connectivity index (χ1n) is 2.84. The number of thioether (sulfide) groups is 2. The SMILES string of the molecule is NC1=C2SC(=O)C=C2SC1=O. The van der Waals surface area contributed by atoms with Gasteiger partial charge in [-0.05, 0) is 23.5 Å². The van der Waals surface area contributed by atoms with Gasteiger partial charge in [-0.25, -0.2) is 0 Å². The van der Waals surface area contributed by atoms with Crippen LogP contribution in [0, 0.1) is 0 Å². The molecule has 2 aliphatic rings. The highest BCUT2D eigenvalue weighted by atomic mass is 32.2. The minimum absolute atomic E-state index is 0.0436. The first kappa shape index (κ1) is 7.00. The van der Waals surface area contributed by atoms with Crippen LogP contribution in [-0.2, 0) is 9.59 Å². The van der Waals surface area contributed by atoms with Crippen LogP contribution < -0.4 is 5.73 Å². The summed E-state index contributed by atoms with van der Waals surface area (Å²) in [5.41, 5.74) is 5.64. The van der Waals surface area contributed by atoms with Gasteiger partial charge in [0, 0.05) is 11.0 Å². The lowest BCUT2D eigenvalue weighted by molar-refractivity contribution is -0.108. The van der Waals surface area contributed by atoms with Crippen molar-refractivity contribution in [2.24, 2.45) is 5.73 Å². The van der Waals surface area contributed by atoms with Crippen LogP contribution in [0.2, 0.25) is 0 Å². The summed E-state index contributed by atoms with van der Waals surface area (Å²) in [6.45, 7) is 0. The topological polar surface area (TPSA) is 60.2 Å². The summed E-state index contributed by atoms with van der Waals surface area (Å²) in [5, 5.41) is -0.191. The summed E-state index contributed by atoms with van der Waals surface area (Å²) in [4.78, 5) is 23.0. The van der Waals surface area contributed by atoms with Gasteiger partial charge in [0.1, 0.15) is 5.70 Å². The molecular formula is C6H3NO2S2. The zero-order valence-electron chi connectivity index (χ0n) is 5.29. The molecule has 2 heterocycles. The van der Waals surface area contributed by atoms with Crippen molar-refractivity contribution in [2.45, 2.75) is 0 Å². The molecule has 0 saturated heterocycles. The van der Waals surface area contributed by atoms with E-state index in [9.17, 15) is 9.59 Å². The number of hydrogen-bond donors (Lipinski definition) is 1. The second-order valence-corrected chi connectivity index (χ2v) is 4.09. The van der Waals surface area contributed by atoms with Gasteiger partial charge in [0.15, 0.2) is 0 Å². The largest absolute Gasteiger partial charge is 0.394 e. The molecule has 0 radical (unpaired) electrons. The maximum atomic E-state index is 10.9. The average Bonchev–Trinajstić information content (AvgIpc) is 2.37. The maximum absolute atomic E-state index is 10.9. The van der Waals surface area contributed by atoms with Gasteiger partial charge in [-0.2, -0.15) is 0 Å². The van der Waals surface area contributed by atoms with Crippen LogP contribution in [0.25, 0.3) is 0 Å². The van der Waals surface area contributed by atoms with Crippen molar-refractivity contribution in [3.8, 4) is 0 Å². The third-order valence-corrected chi connectivity index (χ3v) is 3.38. The molecule has 0 aromatic rings. The minimum Gasteiger partial charge on any atom is -0.394 e. The molecule has 0 bridgehead atoms. The van der Waals surface area contributed by atoms with E-state index in [4.69, 9.17) is 5.73 Å². The van der Waals surface area contributed by atoms with Gasteiger partial charge in [0.2, 0.25) is 10.2 Å². The fraction of sp³-hybridized carbons (Fsp3) is 0. The van der Waals surface area contributed by atoms with Gasteiger partial charge in [-0.1, -0.05) is 0 Å². The van der Waals surface area contributed by atoms with E-state index < -0.39 is 0 Å². The molecule has 0 aromatic heterocycles. The lowest BCUT2D eigenvalue weighted by Crippen LogP contribution is -2.03. The molecule has 0 fully saturated rings. The molecule has 3 nitrogen and oxygen atoms in total. The Morgan fingerprint density at radius 3 is 2.64 bits per heavy atom. The van der Waals surface area contributed by atoms with Gasteiger partial charge in [-0.3, -0.25) is 9.59 Å². The summed E-state index contributed by atoms with van der Waals surface area (Å²) in [6.07, 6.45) is 1.45. The fourth-order valence-corrected chi connectivity index (χ4v) is 2.77. The molecule has 5 heteroatoms. The Balaban J connectivity index is 2.51. The monoisotopic (exact) mass is 185 g/mol. The Morgan fingerprint density at radius 1 is 1.27 bits per heavy atom. The van der Waals surface area contributed by atoms with E-state index in [2.05, 4.69) is 0 Å². The summed E-state index contributed by atoms with van der Waals surface area (Å²) in [5.74, 6) is 0. The fourth-order valence-electron chi connectivity index (χ4n) is 0.864. The Hall–Kier alpha value is -0.680. The third kappa shape index (κ3) is 0.918. The van der Waals surface area contributed by atoms with Gasteiger partial charge in [0.25, 0.3) is 0 Å². The molecule has 2 rings (SSSR count). The summed E-state index contributed by atoms with van der Waals surface area (Å²) in [6, 6.07) is 0. The molecule has 0 aliphatic carbocycles. The Kier molecular flexibility index (Phi) is 1.37. The zero-order chi connectivity index (χ0) is 8.01. The van der Waals surface area contributed by atoms with Crippen molar-refractivity contribution in [2.75, 3.05) is 0 Å². The predicted molar refractivity (Wildman–Crippen MR) is 44.5 cm³/mol. The molecule has 2 aliphatic heterocycles. The molecular weight excluding hydrogens is 182 g/mol. The van der Waals surface area contributed by atoms with E-state index in [1.165, 1.54) is 6.08 Å². The predicted octanol–water partition coefficient (Wildman–Crippen LogP) is 0.587. The zero-order valence-corrected chi connectivity index (χ0v) is 6.92. The Morgan fingerprint density at radius 2 is 2.00 bits per heavy atom. The quantitative estimate of drug-likeness (QED) is 0.598. The van der Waals surface area contributed by atoms with Crippen LogP contribution >= 0.6 is 23.5 Å². The summed E-state index contributed by atoms with van der Waals surface area (Å²) >= 11 is 2.06. The van der Waals surface area contributed by atoms with Crippen LogP contribution in [0.3, 0.4) is 0 Å². The van der Waals surface area contributed by atoms with Crippen molar-refractivity contribution < 1.29 is 9.59 Å². The van der Waals surface area contributed by atoms with E-state index in [0.717, 1.165) is 23.5 Å². The molecule has 56 valence electrons. The van der Waals surface area contributed by atoms with Crippen LogP contribution in [0.1, 0.15) is 0 Å². The van der Waals surface area contributed by atoms with Crippen LogP contribution in [0.5, 0.6) is 0 Å². The Labute approximate surface area is 71.1 Å². The number of nitrogens with two attached hydrogens (primary N) is 1.